The van der Waals surface area contributed by atoms with Crippen LogP contribution in [-0.2, 0) is 19.2 Å². The molecule has 0 unspecified atom stereocenters. The highest BCUT2D eigenvalue weighted by Crippen LogP contribution is 2.08. The molecule has 0 spiro atoms. The Balaban J connectivity index is 4.04. The van der Waals surface area contributed by atoms with Crippen LogP contribution in [0.15, 0.2) is 0 Å². The second-order valence-electron chi connectivity index (χ2n) is 2.95. The van der Waals surface area contributed by atoms with Crippen molar-refractivity contribution in [2.45, 2.75) is 19.4 Å². The molecule has 0 radical (unpaired) electrons. The number of aldehydes is 1. The molecular formula is C7H13N3O5. The fourth-order valence-electron chi connectivity index (χ4n) is 0.607. The summed E-state index contributed by atoms with van der Waals surface area (Å²) in [5.74, 6) is 4.19. The summed E-state index contributed by atoms with van der Waals surface area (Å²) in [6.07, 6.45) is -0.552. The number of hydroxylamine groups is 1. The molecule has 0 rings (SSSR count). The topological polar surface area (TPSA) is 120 Å². The van der Waals surface area contributed by atoms with E-state index in [4.69, 9.17) is 5.84 Å². The van der Waals surface area contributed by atoms with Crippen LogP contribution in [0.5, 0.6) is 0 Å². The molecule has 0 heterocycles. The summed E-state index contributed by atoms with van der Waals surface area (Å²) in [6, 6.07) is 0. The number of nitrogens with two attached hydrogens (primary N) is 1. The third-order valence-corrected chi connectivity index (χ3v) is 1.33. The van der Waals surface area contributed by atoms with Gasteiger partial charge in [-0.1, -0.05) is 0 Å². The monoisotopic (exact) mass is 219 g/mol. The average molecular weight is 219 g/mol. The molecule has 0 aromatic heterocycles. The van der Waals surface area contributed by atoms with Crippen molar-refractivity contribution in [1.29, 1.82) is 0 Å². The van der Waals surface area contributed by atoms with Gasteiger partial charge in [0.05, 0.1) is 0 Å². The Morgan fingerprint density at radius 1 is 1.47 bits per heavy atom. The van der Waals surface area contributed by atoms with Crippen LogP contribution in [0.1, 0.15) is 13.8 Å². The molecule has 0 aliphatic carbocycles. The summed E-state index contributed by atoms with van der Waals surface area (Å²) in [5.41, 5.74) is 2.22. The van der Waals surface area contributed by atoms with Crippen LogP contribution in [0, 0.1) is 0 Å². The highest BCUT2D eigenvalue weighted by Gasteiger charge is 2.31. The summed E-state index contributed by atoms with van der Waals surface area (Å²) in [6.45, 7) is 2.38. The maximum absolute atomic E-state index is 11.1. The minimum atomic E-state index is -1.43. The Kier molecular flexibility index (Phi) is 5.27. The number of rotatable bonds is 5. The molecule has 0 aromatic rings. The summed E-state index contributed by atoms with van der Waals surface area (Å²) < 4.78 is 4.65. The zero-order valence-corrected chi connectivity index (χ0v) is 8.40. The highest BCUT2D eigenvalue weighted by atomic mass is 16.7. The van der Waals surface area contributed by atoms with E-state index in [0.717, 1.165) is 0 Å². The van der Waals surface area contributed by atoms with Crippen molar-refractivity contribution in [3.05, 3.63) is 0 Å². The summed E-state index contributed by atoms with van der Waals surface area (Å²) >= 11 is 0. The molecule has 86 valence electrons. The average Bonchev–Trinajstić information content (AvgIpc) is 2.16. The van der Waals surface area contributed by atoms with Crippen LogP contribution in [0.2, 0.25) is 0 Å². The quantitative estimate of drug-likeness (QED) is 0.172. The van der Waals surface area contributed by atoms with Gasteiger partial charge in [0.1, 0.15) is 12.9 Å². The largest absolute Gasteiger partial charge is 0.432 e. The predicted molar refractivity (Wildman–Crippen MR) is 48.0 cm³/mol. The van der Waals surface area contributed by atoms with Gasteiger partial charge < -0.3 is 9.53 Å². The van der Waals surface area contributed by atoms with Gasteiger partial charge in [-0.25, -0.2) is 10.6 Å². The summed E-state index contributed by atoms with van der Waals surface area (Å²) in [7, 11) is 0. The van der Waals surface area contributed by atoms with E-state index >= 15 is 0 Å². The molecule has 0 fully saturated rings. The first-order valence-corrected chi connectivity index (χ1v) is 3.99. The fraction of sp³-hybridized carbons (Fsp3) is 0.571. The van der Waals surface area contributed by atoms with Gasteiger partial charge in [-0.2, -0.15) is 5.48 Å². The predicted octanol–water partition coefficient (Wildman–Crippen LogP) is -1.39. The van der Waals surface area contributed by atoms with Gasteiger partial charge in [-0.3, -0.25) is 15.1 Å². The van der Waals surface area contributed by atoms with Crippen molar-refractivity contribution >= 4 is 18.3 Å². The lowest BCUT2D eigenvalue weighted by atomic mass is 10.1. The number of hydrogen-bond donors (Lipinski definition) is 3. The van der Waals surface area contributed by atoms with Gasteiger partial charge in [-0.05, 0) is 13.8 Å². The van der Waals surface area contributed by atoms with E-state index in [1.165, 1.54) is 13.8 Å². The molecule has 2 amide bonds. The summed E-state index contributed by atoms with van der Waals surface area (Å²) in [5, 5.41) is 0. The molecule has 0 bridgehead atoms. The van der Waals surface area contributed by atoms with E-state index in [1.54, 1.807) is 5.48 Å². The molecule has 8 nitrogen and oxygen atoms in total. The van der Waals surface area contributed by atoms with Crippen LogP contribution >= 0.6 is 0 Å². The van der Waals surface area contributed by atoms with E-state index in [2.05, 4.69) is 9.57 Å². The zero-order chi connectivity index (χ0) is 11.9. The molecule has 0 saturated heterocycles. The van der Waals surface area contributed by atoms with E-state index in [0.29, 0.717) is 6.29 Å². The molecule has 0 atom stereocenters. The number of hydrazine groups is 1. The van der Waals surface area contributed by atoms with E-state index < -0.39 is 17.6 Å². The van der Waals surface area contributed by atoms with Crippen molar-refractivity contribution in [3.8, 4) is 0 Å². The number of amides is 2. The molecule has 4 N–H and O–H groups in total. The zero-order valence-electron chi connectivity index (χ0n) is 8.40. The van der Waals surface area contributed by atoms with Crippen LogP contribution in [0.4, 0.5) is 4.79 Å². The van der Waals surface area contributed by atoms with Gasteiger partial charge in [0.15, 0.2) is 5.60 Å². The SMILES string of the molecule is CC(C)(OC(=O)NOCC=O)C(=O)NN. The molecule has 15 heavy (non-hydrogen) atoms. The smallest absolute Gasteiger partial charge is 0.432 e. The van der Waals surface area contributed by atoms with Crippen molar-refractivity contribution in [2.24, 2.45) is 5.84 Å². The lowest BCUT2D eigenvalue weighted by Crippen LogP contribution is -2.49. The second kappa shape index (κ2) is 5.94. The normalized spacial score (nSPS) is 10.3. The lowest BCUT2D eigenvalue weighted by molar-refractivity contribution is -0.138. The maximum Gasteiger partial charge on any atom is 0.432 e. The minimum absolute atomic E-state index is 0.307. The van der Waals surface area contributed by atoms with Crippen molar-refractivity contribution in [3.63, 3.8) is 0 Å². The number of carbonyl (C=O) groups excluding carboxylic acids is 3. The number of carbonyl (C=O) groups is 3. The molecule has 0 aliphatic rings. The first-order valence-electron chi connectivity index (χ1n) is 3.99. The number of hydrogen-bond acceptors (Lipinski definition) is 6. The molecular weight excluding hydrogens is 206 g/mol. The Hall–Kier alpha value is -1.67. The number of ether oxygens (including phenoxy) is 1. The van der Waals surface area contributed by atoms with Crippen LogP contribution in [-0.4, -0.2) is 30.5 Å². The Labute approximate surface area is 86.0 Å². The Bertz CT molecular complexity index is 253. The lowest BCUT2D eigenvalue weighted by Gasteiger charge is -2.22. The standard InChI is InChI=1S/C7H13N3O5/c1-7(2,5(12)9-8)15-6(13)10-14-4-3-11/h3H,4,8H2,1-2H3,(H,9,12)(H,10,13). The summed E-state index contributed by atoms with van der Waals surface area (Å²) in [4.78, 5) is 36.2. The second-order valence-corrected chi connectivity index (χ2v) is 2.95. The van der Waals surface area contributed by atoms with Crippen LogP contribution in [0.25, 0.3) is 0 Å². The Morgan fingerprint density at radius 3 is 2.53 bits per heavy atom. The third-order valence-electron chi connectivity index (χ3n) is 1.33. The van der Waals surface area contributed by atoms with E-state index in [1.807, 2.05) is 5.43 Å². The number of nitrogens with one attached hydrogen (secondary N) is 2. The van der Waals surface area contributed by atoms with Crippen LogP contribution < -0.4 is 16.7 Å². The van der Waals surface area contributed by atoms with Gasteiger partial charge in [0, 0.05) is 0 Å². The molecule has 0 aliphatic heterocycles. The molecule has 0 saturated carbocycles. The van der Waals surface area contributed by atoms with Gasteiger partial charge in [0.25, 0.3) is 5.91 Å². The maximum atomic E-state index is 11.1. The van der Waals surface area contributed by atoms with Gasteiger partial charge in [-0.15, -0.1) is 0 Å². The highest BCUT2D eigenvalue weighted by molar-refractivity contribution is 5.86. The Morgan fingerprint density at radius 2 is 2.07 bits per heavy atom. The van der Waals surface area contributed by atoms with E-state index in [-0.39, 0.29) is 6.61 Å². The van der Waals surface area contributed by atoms with Gasteiger partial charge >= 0.3 is 6.09 Å². The van der Waals surface area contributed by atoms with Gasteiger partial charge in [0.2, 0.25) is 0 Å². The van der Waals surface area contributed by atoms with Crippen LogP contribution in [0.3, 0.4) is 0 Å². The third kappa shape index (κ3) is 4.93. The minimum Gasteiger partial charge on any atom is -0.432 e. The van der Waals surface area contributed by atoms with Crippen molar-refractivity contribution < 1.29 is 24.0 Å². The van der Waals surface area contributed by atoms with Crippen molar-refractivity contribution in [1.82, 2.24) is 10.9 Å². The molecule has 8 heteroatoms. The first-order chi connectivity index (χ1) is 6.94. The van der Waals surface area contributed by atoms with Crippen molar-refractivity contribution in [2.75, 3.05) is 6.61 Å². The molecule has 0 aromatic carbocycles. The fourth-order valence-corrected chi connectivity index (χ4v) is 0.607. The first kappa shape index (κ1) is 13.3. The van der Waals surface area contributed by atoms with E-state index in [9.17, 15) is 14.4 Å².